The van der Waals surface area contributed by atoms with Gasteiger partial charge in [-0.05, 0) is 19.8 Å². The van der Waals surface area contributed by atoms with Crippen LogP contribution in [0.2, 0.25) is 0 Å². The number of nitrogens with zero attached hydrogens (tertiary/aromatic N) is 3. The fraction of sp³-hybridized carbons (Fsp3) is 0.722. The fourth-order valence-electron chi connectivity index (χ4n) is 3.30. The van der Waals surface area contributed by atoms with E-state index in [0.29, 0.717) is 50.2 Å². The van der Waals surface area contributed by atoms with Crippen LogP contribution in [0.25, 0.3) is 0 Å². The molecular weight excluding hydrogens is 352 g/mol. The summed E-state index contributed by atoms with van der Waals surface area (Å²) in [6, 6.07) is 0.207. The van der Waals surface area contributed by atoms with E-state index in [1.165, 1.54) is 11.3 Å². The van der Waals surface area contributed by atoms with Gasteiger partial charge in [0.25, 0.3) is 5.91 Å². The van der Waals surface area contributed by atoms with Crippen LogP contribution in [0, 0.1) is 6.92 Å². The molecule has 1 aromatic heterocycles. The van der Waals surface area contributed by atoms with Crippen LogP contribution in [0.1, 0.15) is 53.0 Å². The summed E-state index contributed by atoms with van der Waals surface area (Å²) in [6.45, 7) is 9.98. The van der Waals surface area contributed by atoms with Gasteiger partial charge in [-0.3, -0.25) is 4.79 Å². The molecule has 8 heteroatoms. The molecule has 0 saturated carbocycles. The fourth-order valence-corrected chi connectivity index (χ4v) is 4.27. The number of likely N-dealkylation sites (tertiary alicyclic amines) is 1. The summed E-state index contributed by atoms with van der Waals surface area (Å²) in [4.78, 5) is 34.1. The topological polar surface area (TPSA) is 74.8 Å². The molecule has 1 aromatic rings. The second kappa shape index (κ2) is 8.35. The van der Waals surface area contributed by atoms with Crippen molar-refractivity contribution in [1.82, 2.24) is 20.1 Å². The first-order chi connectivity index (χ1) is 12.5. The van der Waals surface area contributed by atoms with Gasteiger partial charge < -0.3 is 19.9 Å². The molecule has 7 nitrogen and oxygen atoms in total. The maximum absolute atomic E-state index is 12.6. The summed E-state index contributed by atoms with van der Waals surface area (Å²) in [7, 11) is 0. The minimum absolute atomic E-state index is 0.0372. The predicted molar refractivity (Wildman–Crippen MR) is 101 cm³/mol. The summed E-state index contributed by atoms with van der Waals surface area (Å²) < 4.78 is 5.30. The Morgan fingerprint density at radius 1 is 1.15 bits per heavy atom. The number of aromatic nitrogens is 1. The van der Waals surface area contributed by atoms with Crippen molar-refractivity contribution in [2.45, 2.75) is 45.6 Å². The number of amides is 3. The van der Waals surface area contributed by atoms with Crippen molar-refractivity contribution < 1.29 is 14.3 Å². The summed E-state index contributed by atoms with van der Waals surface area (Å²) in [5.41, 5.74) is 0.802. The van der Waals surface area contributed by atoms with Crippen LogP contribution in [0.5, 0.6) is 0 Å². The molecule has 2 aliphatic heterocycles. The molecule has 2 aliphatic rings. The van der Waals surface area contributed by atoms with Crippen LogP contribution < -0.4 is 5.32 Å². The Hall–Kier alpha value is -1.67. The number of urea groups is 1. The highest BCUT2D eigenvalue weighted by molar-refractivity contribution is 7.13. The lowest BCUT2D eigenvalue weighted by atomic mass is 10.1. The molecule has 3 rings (SSSR count). The van der Waals surface area contributed by atoms with Crippen molar-refractivity contribution in [2.75, 3.05) is 39.4 Å². The number of rotatable bonds is 3. The molecule has 2 fully saturated rings. The highest BCUT2D eigenvalue weighted by atomic mass is 32.1. The zero-order valence-electron chi connectivity index (χ0n) is 15.8. The first-order valence-electron chi connectivity index (χ1n) is 9.35. The number of carbonyl (C=O) groups excluding carboxylic acids is 2. The summed E-state index contributed by atoms with van der Waals surface area (Å²) in [5.74, 6) is 0.291. The normalized spacial score (nSPS) is 19.1. The Balaban J connectivity index is 1.50. The first-order valence-corrected chi connectivity index (χ1v) is 10.2. The SMILES string of the molecule is Cc1nc(C(C)C)sc1C(=O)NC1CCN(C(=O)N2CCOCC2)CC1. The van der Waals surface area contributed by atoms with E-state index in [2.05, 4.69) is 24.1 Å². The third kappa shape index (κ3) is 4.35. The Labute approximate surface area is 158 Å². The van der Waals surface area contributed by atoms with E-state index in [1.54, 1.807) is 0 Å². The van der Waals surface area contributed by atoms with Gasteiger partial charge in [-0.15, -0.1) is 11.3 Å². The third-order valence-corrected chi connectivity index (χ3v) is 6.35. The molecule has 2 saturated heterocycles. The van der Waals surface area contributed by atoms with Gasteiger partial charge in [0.1, 0.15) is 4.88 Å². The smallest absolute Gasteiger partial charge is 0.320 e. The largest absolute Gasteiger partial charge is 0.378 e. The molecule has 0 aromatic carbocycles. The zero-order chi connectivity index (χ0) is 18.7. The molecule has 1 N–H and O–H groups in total. The average molecular weight is 381 g/mol. The molecule has 3 amide bonds. The first kappa shape index (κ1) is 19.1. The van der Waals surface area contributed by atoms with E-state index < -0.39 is 0 Å². The molecule has 0 aliphatic carbocycles. The molecule has 144 valence electrons. The van der Waals surface area contributed by atoms with Gasteiger partial charge in [0.15, 0.2) is 0 Å². The van der Waals surface area contributed by atoms with Crippen LogP contribution in [0.3, 0.4) is 0 Å². The van der Waals surface area contributed by atoms with Crippen molar-refractivity contribution >= 4 is 23.3 Å². The number of morpholine rings is 1. The van der Waals surface area contributed by atoms with Gasteiger partial charge in [0.2, 0.25) is 0 Å². The Morgan fingerprint density at radius 2 is 1.77 bits per heavy atom. The van der Waals surface area contributed by atoms with E-state index in [1.807, 2.05) is 16.7 Å². The molecule has 0 unspecified atom stereocenters. The number of hydrogen-bond donors (Lipinski definition) is 1. The summed E-state index contributed by atoms with van der Waals surface area (Å²) in [6.07, 6.45) is 1.58. The molecule has 0 bridgehead atoms. The molecule has 26 heavy (non-hydrogen) atoms. The number of carbonyl (C=O) groups is 2. The quantitative estimate of drug-likeness (QED) is 0.873. The molecule has 3 heterocycles. The van der Waals surface area contributed by atoms with Crippen LogP contribution in [-0.2, 0) is 4.74 Å². The van der Waals surface area contributed by atoms with Crippen molar-refractivity contribution in [1.29, 1.82) is 0 Å². The monoisotopic (exact) mass is 380 g/mol. The van der Waals surface area contributed by atoms with E-state index in [9.17, 15) is 9.59 Å². The zero-order valence-corrected chi connectivity index (χ0v) is 16.6. The number of thiazole rings is 1. The maximum atomic E-state index is 12.6. The van der Waals surface area contributed by atoms with Crippen LogP contribution >= 0.6 is 11.3 Å². The second-order valence-electron chi connectivity index (χ2n) is 7.24. The summed E-state index contributed by atoms with van der Waals surface area (Å²) >= 11 is 1.48. The minimum Gasteiger partial charge on any atom is -0.378 e. The number of aryl methyl sites for hydroxylation is 1. The van der Waals surface area contributed by atoms with E-state index >= 15 is 0 Å². The molecule has 0 atom stereocenters. The number of nitrogens with one attached hydrogen (secondary N) is 1. The standard InChI is InChI=1S/C18H28N4O3S/c1-12(2)17-19-13(3)15(26-17)16(23)20-14-4-6-21(7-5-14)18(24)22-8-10-25-11-9-22/h12,14H,4-11H2,1-3H3,(H,20,23). The highest BCUT2D eigenvalue weighted by Gasteiger charge is 2.28. The highest BCUT2D eigenvalue weighted by Crippen LogP contribution is 2.25. The average Bonchev–Trinajstić information content (AvgIpc) is 3.05. The van der Waals surface area contributed by atoms with Crippen LogP contribution in [-0.4, -0.2) is 72.2 Å². The van der Waals surface area contributed by atoms with Crippen LogP contribution in [0.4, 0.5) is 4.79 Å². The lowest BCUT2D eigenvalue weighted by Crippen LogP contribution is -2.52. The Bertz CT molecular complexity index is 647. The summed E-state index contributed by atoms with van der Waals surface area (Å²) in [5, 5.41) is 4.13. The van der Waals surface area contributed by atoms with Gasteiger partial charge in [-0.1, -0.05) is 13.8 Å². The van der Waals surface area contributed by atoms with E-state index in [4.69, 9.17) is 4.74 Å². The number of ether oxygens (including phenoxy) is 1. The van der Waals surface area contributed by atoms with E-state index in [-0.39, 0.29) is 18.0 Å². The second-order valence-corrected chi connectivity index (χ2v) is 8.27. The van der Waals surface area contributed by atoms with Gasteiger partial charge in [-0.2, -0.15) is 0 Å². The minimum atomic E-state index is -0.0372. The van der Waals surface area contributed by atoms with Crippen molar-refractivity contribution in [3.63, 3.8) is 0 Å². The van der Waals surface area contributed by atoms with Gasteiger partial charge in [0.05, 0.1) is 23.9 Å². The van der Waals surface area contributed by atoms with Gasteiger partial charge in [-0.25, -0.2) is 9.78 Å². The van der Waals surface area contributed by atoms with Crippen molar-refractivity contribution in [2.24, 2.45) is 0 Å². The molecule has 0 spiro atoms. The molecule has 0 radical (unpaired) electrons. The Morgan fingerprint density at radius 3 is 2.35 bits per heavy atom. The van der Waals surface area contributed by atoms with Gasteiger partial charge >= 0.3 is 6.03 Å². The lowest BCUT2D eigenvalue weighted by Gasteiger charge is -2.37. The van der Waals surface area contributed by atoms with Gasteiger partial charge in [0, 0.05) is 38.1 Å². The Kier molecular flexibility index (Phi) is 6.13. The predicted octanol–water partition coefficient (Wildman–Crippen LogP) is 2.22. The third-order valence-electron chi connectivity index (χ3n) is 4.90. The van der Waals surface area contributed by atoms with Crippen molar-refractivity contribution in [3.8, 4) is 0 Å². The van der Waals surface area contributed by atoms with Crippen LogP contribution in [0.15, 0.2) is 0 Å². The number of hydrogen-bond acceptors (Lipinski definition) is 5. The van der Waals surface area contributed by atoms with Crippen molar-refractivity contribution in [3.05, 3.63) is 15.6 Å². The van der Waals surface area contributed by atoms with E-state index in [0.717, 1.165) is 23.5 Å². The number of piperidine rings is 1. The maximum Gasteiger partial charge on any atom is 0.320 e. The lowest BCUT2D eigenvalue weighted by molar-refractivity contribution is 0.0407. The molecular formula is C18H28N4O3S.